The normalized spacial score (nSPS) is 17.8. The molecule has 6 heterocycles. The Balaban J connectivity index is 0.714. The highest BCUT2D eigenvalue weighted by atomic mass is 35.5. The highest BCUT2D eigenvalue weighted by Crippen LogP contribution is 2.43. The zero-order valence-corrected chi connectivity index (χ0v) is 49.5. The number of piperidine rings is 1. The maximum absolute atomic E-state index is 17.2. The van der Waals surface area contributed by atoms with Crippen LogP contribution in [0.25, 0.3) is 43.2 Å². The number of amides is 3. The average molecular weight is 1190 g/mol. The monoisotopic (exact) mass is 1190 g/mol. The number of aromatic hydroxyl groups is 1. The van der Waals surface area contributed by atoms with Crippen LogP contribution >= 0.6 is 22.9 Å². The number of hydrogen-bond donors (Lipinski definition) is 3. The van der Waals surface area contributed by atoms with Gasteiger partial charge in [0.1, 0.15) is 53.3 Å². The van der Waals surface area contributed by atoms with Crippen LogP contribution in [0.2, 0.25) is 5.02 Å². The molecule has 3 aliphatic heterocycles. The van der Waals surface area contributed by atoms with Gasteiger partial charge in [-0.2, -0.15) is 9.97 Å². The van der Waals surface area contributed by atoms with Crippen molar-refractivity contribution in [1.29, 1.82) is 0 Å². The summed E-state index contributed by atoms with van der Waals surface area (Å²) in [4.78, 5) is 62.7. The molecule has 3 fully saturated rings. The number of phenols is 1. The molecule has 7 aromatic rings. The predicted octanol–water partition coefficient (Wildman–Crippen LogP) is 8.87. The summed E-state index contributed by atoms with van der Waals surface area (Å²) in [5.74, 6) is -0.887. The first-order chi connectivity index (χ1) is 40.5. The Hall–Kier alpha value is -7.27. The topological polar surface area (TPSA) is 218 Å². The number of rotatable bonds is 22. The first kappa shape index (κ1) is 59.9. The third-order valence-electron chi connectivity index (χ3n) is 15.7. The molecule has 3 saturated heterocycles. The number of piperazine rings is 1. The smallest absolute Gasteiger partial charge is 0.319 e. The maximum Gasteiger partial charge on any atom is 0.319 e. The van der Waals surface area contributed by atoms with Crippen molar-refractivity contribution < 1.29 is 52.5 Å². The molecule has 10 rings (SSSR count). The Bertz CT molecular complexity index is 3510. The van der Waals surface area contributed by atoms with E-state index in [-0.39, 0.29) is 89.8 Å². The number of halogens is 2. The minimum atomic E-state index is -0.871. The number of anilines is 1. The van der Waals surface area contributed by atoms with E-state index in [1.165, 1.54) is 28.4 Å². The van der Waals surface area contributed by atoms with Gasteiger partial charge in [0, 0.05) is 87.9 Å². The number of aryl methyl sites for hydroxylation is 2. The Labute approximate surface area is 496 Å². The quantitative estimate of drug-likeness (QED) is 0.0426. The largest absolute Gasteiger partial charge is 0.508 e. The van der Waals surface area contributed by atoms with Gasteiger partial charge in [0.05, 0.1) is 58.8 Å². The second kappa shape index (κ2) is 26.8. The predicted molar refractivity (Wildman–Crippen MR) is 319 cm³/mol. The summed E-state index contributed by atoms with van der Waals surface area (Å²) in [5, 5.41) is 30.3. The second-order valence-corrected chi connectivity index (χ2v) is 23.3. The zero-order chi connectivity index (χ0) is 59.2. The van der Waals surface area contributed by atoms with Gasteiger partial charge in [-0.25, -0.2) is 9.37 Å². The minimum Gasteiger partial charge on any atom is -0.508 e. The van der Waals surface area contributed by atoms with E-state index in [4.69, 9.17) is 40.1 Å². The first-order valence-corrected chi connectivity index (χ1v) is 29.8. The number of benzene rings is 4. The van der Waals surface area contributed by atoms with E-state index in [1.54, 1.807) is 35.5 Å². The zero-order valence-electron chi connectivity index (χ0n) is 47.9. The van der Waals surface area contributed by atoms with Gasteiger partial charge in [-0.3, -0.25) is 19.3 Å². The Morgan fingerprint density at radius 3 is 2.45 bits per heavy atom. The van der Waals surface area contributed by atoms with Crippen molar-refractivity contribution in [2.45, 2.75) is 90.7 Å². The van der Waals surface area contributed by atoms with E-state index in [1.807, 2.05) is 75.1 Å². The number of aromatic nitrogens is 4. The first-order valence-electron chi connectivity index (χ1n) is 28.6. The summed E-state index contributed by atoms with van der Waals surface area (Å²) in [6.07, 6.45) is 1.83. The summed E-state index contributed by atoms with van der Waals surface area (Å²) in [6, 6.07) is 18.9. The lowest BCUT2D eigenvalue weighted by molar-refractivity contribution is -0.141. The number of nitrogens with zero attached hydrogens (tertiary/aromatic N) is 8. The molecule has 19 nitrogen and oxygen atoms in total. The molecule has 444 valence electrons. The van der Waals surface area contributed by atoms with Gasteiger partial charge in [-0.05, 0) is 91.8 Å². The molecule has 0 radical (unpaired) electrons. The third kappa shape index (κ3) is 13.6. The van der Waals surface area contributed by atoms with Crippen LogP contribution in [0.1, 0.15) is 68.7 Å². The highest BCUT2D eigenvalue weighted by Gasteiger charge is 2.43. The molecule has 4 atom stereocenters. The van der Waals surface area contributed by atoms with Crippen molar-refractivity contribution in [3.05, 3.63) is 118 Å². The van der Waals surface area contributed by atoms with Gasteiger partial charge in [0.25, 0.3) is 0 Å². The third-order valence-corrected chi connectivity index (χ3v) is 17.0. The van der Waals surface area contributed by atoms with Gasteiger partial charge < -0.3 is 53.7 Å². The van der Waals surface area contributed by atoms with Gasteiger partial charge in [0.15, 0.2) is 5.82 Å². The molecule has 3 amide bonds. The Kier molecular flexibility index (Phi) is 19.1. The van der Waals surface area contributed by atoms with E-state index >= 15 is 4.39 Å². The summed E-state index contributed by atoms with van der Waals surface area (Å²) in [6.45, 7) is 18.4. The molecular weight excluding hydrogens is 1120 g/mol. The van der Waals surface area contributed by atoms with Crippen molar-refractivity contribution in [3.8, 4) is 39.1 Å². The van der Waals surface area contributed by atoms with E-state index in [2.05, 4.69) is 31.9 Å². The number of nitrogens with one attached hydrogen (secondary N) is 1. The van der Waals surface area contributed by atoms with Crippen LogP contribution in [0.3, 0.4) is 0 Å². The van der Waals surface area contributed by atoms with Gasteiger partial charge in [-0.1, -0.05) is 73.6 Å². The van der Waals surface area contributed by atoms with E-state index < -0.39 is 23.9 Å². The van der Waals surface area contributed by atoms with Crippen LogP contribution in [0, 0.1) is 25.6 Å². The van der Waals surface area contributed by atoms with Gasteiger partial charge >= 0.3 is 6.01 Å². The number of aliphatic hydroxyl groups excluding tert-OH is 1. The Morgan fingerprint density at radius 2 is 1.73 bits per heavy atom. The molecule has 0 spiro atoms. The van der Waals surface area contributed by atoms with Gasteiger partial charge in [0.2, 0.25) is 17.7 Å². The maximum atomic E-state index is 17.2. The summed E-state index contributed by atoms with van der Waals surface area (Å²) >= 11 is 8.48. The van der Waals surface area contributed by atoms with Crippen molar-refractivity contribution in [2.24, 2.45) is 5.92 Å². The number of likely N-dealkylation sites (tertiary alicyclic amines) is 2. The SMILES string of the molecule is C=CC(=O)N1CCN(c2nc(O[C@H](C)CN3CCC(OCCOCCOc4cc(-c5scnc5C)ccc4CNC(=O)C4CC(O)CN4C(=O)[C@@H](c4cc(C)no4)C(C)C)CC3)nc3c(F)c(-c4cc(O)cc5ccccc45)c(Cl)cc23)CC1. The lowest BCUT2D eigenvalue weighted by atomic mass is 9.91. The molecule has 22 heteroatoms. The average Bonchev–Trinajstić information content (AvgIpc) is 4.42. The van der Waals surface area contributed by atoms with E-state index in [0.717, 1.165) is 53.0 Å². The molecule has 0 bridgehead atoms. The highest BCUT2D eigenvalue weighted by molar-refractivity contribution is 7.13. The number of fused-ring (bicyclic) bond motifs is 2. The fraction of sp³-hybridized carbons (Fsp3) is 0.435. The lowest BCUT2D eigenvalue weighted by Gasteiger charge is -2.35. The fourth-order valence-electron chi connectivity index (χ4n) is 11.5. The molecule has 0 aliphatic carbocycles. The molecule has 0 saturated carbocycles. The number of thiazole rings is 1. The molecule has 3 aromatic heterocycles. The molecule has 3 N–H and O–H groups in total. The van der Waals surface area contributed by atoms with Crippen LogP contribution in [0.5, 0.6) is 17.5 Å². The van der Waals surface area contributed by atoms with Crippen molar-refractivity contribution in [3.63, 3.8) is 0 Å². The molecule has 4 aromatic carbocycles. The number of ether oxygens (including phenoxy) is 4. The summed E-state index contributed by atoms with van der Waals surface area (Å²) in [5.41, 5.74) is 5.55. The van der Waals surface area contributed by atoms with Crippen molar-refractivity contribution >= 4 is 68.2 Å². The fourth-order valence-corrected chi connectivity index (χ4v) is 12.6. The number of carbonyl (C=O) groups is 3. The second-order valence-electron chi connectivity index (χ2n) is 22.1. The van der Waals surface area contributed by atoms with Crippen LogP contribution < -0.4 is 19.7 Å². The number of carbonyl (C=O) groups excluding carboxylic acids is 3. The number of hydrogen-bond acceptors (Lipinski definition) is 17. The number of phenolic OH excluding ortho intramolecular Hbond substituents is 1. The summed E-state index contributed by atoms with van der Waals surface area (Å²) < 4.78 is 47.7. The van der Waals surface area contributed by atoms with Crippen molar-refractivity contribution in [2.75, 3.05) is 83.7 Å². The molecule has 84 heavy (non-hydrogen) atoms. The molecular formula is C62H71ClFN9O10S. The van der Waals surface area contributed by atoms with Crippen LogP contribution in [-0.4, -0.2) is 166 Å². The van der Waals surface area contributed by atoms with E-state index in [0.29, 0.717) is 91.9 Å². The summed E-state index contributed by atoms with van der Waals surface area (Å²) in [7, 11) is 0. The molecule has 2 unspecified atom stereocenters. The Morgan fingerprint density at radius 1 is 0.952 bits per heavy atom. The lowest BCUT2D eigenvalue weighted by Crippen LogP contribution is -2.48. The molecule has 3 aliphatic rings. The minimum absolute atomic E-state index is 0.00881. The van der Waals surface area contributed by atoms with Crippen LogP contribution in [0.4, 0.5) is 10.2 Å². The van der Waals surface area contributed by atoms with E-state index in [9.17, 15) is 24.6 Å². The van der Waals surface area contributed by atoms with Crippen LogP contribution in [0.15, 0.2) is 89.4 Å². The standard InChI is InChI=1S/C62H71ClFN9O10S/c1-7-53(76)71-18-20-72(21-19-71)59-48-31-49(63)55(47-29-43(74)27-40-10-8-9-11-46(40)47)56(64)57(48)67-62(68-59)82-38(5)33-70-16-14-45(15-17-70)80-24-22-79-23-25-81-51-28-41(58-39(6)66-35-84-58)12-13-42(51)32-65-60(77)50-30-44(75)34-73(50)61(78)54(36(2)3)52-26-37(4)69-83-52/h7-13,26-29,31,35-36,38,44-45,50,54,74-75H,1,14-25,30,32-34H2,2-6H3,(H,65,77)/t38-,44?,50?,54-/m1/s1. The van der Waals surface area contributed by atoms with Gasteiger partial charge in [-0.15, -0.1) is 11.3 Å². The number of aliphatic hydroxyl groups is 1. The van der Waals surface area contributed by atoms with Crippen LogP contribution in [-0.2, 0) is 30.4 Å². The van der Waals surface area contributed by atoms with Crippen molar-refractivity contribution in [1.82, 2.24) is 40.1 Å². The number of β-amino-alcohol motifs (C(OH)–C–C–N with tert-alkyl or cyclic N) is 1.